The molecule has 1 aliphatic heterocycles. The Balaban J connectivity index is 1.53. The number of nitrogens with zero attached hydrogens (tertiary/aromatic N) is 2. The maximum atomic E-state index is 12.9. The van der Waals surface area contributed by atoms with Gasteiger partial charge in [0.15, 0.2) is 0 Å². The van der Waals surface area contributed by atoms with Crippen molar-refractivity contribution in [2.75, 3.05) is 13.1 Å². The van der Waals surface area contributed by atoms with E-state index in [-0.39, 0.29) is 41.4 Å². The van der Waals surface area contributed by atoms with Crippen LogP contribution in [0.5, 0.6) is 0 Å². The SMILES string of the molecule is CC(CCc1ccco1)NC(=O)C1CCN(S(=O)(=O)c2ccccc2C#N)CC1. The first-order valence-electron chi connectivity index (χ1n) is 9.74. The predicted molar refractivity (Wildman–Crippen MR) is 107 cm³/mol. The van der Waals surface area contributed by atoms with E-state index in [1.54, 1.807) is 18.4 Å². The number of rotatable bonds is 7. The highest BCUT2D eigenvalue weighted by Gasteiger charge is 2.33. The number of benzene rings is 1. The van der Waals surface area contributed by atoms with Crippen molar-refractivity contribution >= 4 is 15.9 Å². The minimum Gasteiger partial charge on any atom is -0.469 e. The molecule has 1 atom stereocenters. The lowest BCUT2D eigenvalue weighted by Gasteiger charge is -2.31. The van der Waals surface area contributed by atoms with E-state index in [4.69, 9.17) is 4.42 Å². The van der Waals surface area contributed by atoms with E-state index in [0.29, 0.717) is 12.8 Å². The molecule has 2 heterocycles. The van der Waals surface area contributed by atoms with Crippen LogP contribution in [0.25, 0.3) is 0 Å². The molecule has 1 unspecified atom stereocenters. The Morgan fingerprint density at radius 3 is 2.66 bits per heavy atom. The number of amides is 1. The zero-order valence-electron chi connectivity index (χ0n) is 16.4. The van der Waals surface area contributed by atoms with Crippen molar-refractivity contribution in [3.8, 4) is 6.07 Å². The van der Waals surface area contributed by atoms with E-state index in [1.165, 1.54) is 16.4 Å². The number of carbonyl (C=O) groups excluding carboxylic acids is 1. The van der Waals surface area contributed by atoms with Crippen LogP contribution in [0.1, 0.15) is 37.5 Å². The Bertz CT molecular complexity index is 972. The van der Waals surface area contributed by atoms with Crippen LogP contribution >= 0.6 is 0 Å². The number of sulfonamides is 1. The third-order valence-corrected chi connectivity index (χ3v) is 7.20. The van der Waals surface area contributed by atoms with Crippen LogP contribution in [0.3, 0.4) is 0 Å². The minimum atomic E-state index is -3.74. The van der Waals surface area contributed by atoms with E-state index < -0.39 is 10.0 Å². The van der Waals surface area contributed by atoms with Gasteiger partial charge in [0.25, 0.3) is 0 Å². The van der Waals surface area contributed by atoms with Crippen LogP contribution in [0.2, 0.25) is 0 Å². The first-order valence-corrected chi connectivity index (χ1v) is 11.2. The van der Waals surface area contributed by atoms with Gasteiger partial charge < -0.3 is 9.73 Å². The zero-order chi connectivity index (χ0) is 20.9. The van der Waals surface area contributed by atoms with Crippen LogP contribution in [-0.2, 0) is 21.2 Å². The van der Waals surface area contributed by atoms with Gasteiger partial charge in [-0.3, -0.25) is 4.79 Å². The summed E-state index contributed by atoms with van der Waals surface area (Å²) in [6, 6.07) is 11.9. The van der Waals surface area contributed by atoms with Crippen molar-refractivity contribution in [1.82, 2.24) is 9.62 Å². The molecule has 29 heavy (non-hydrogen) atoms. The largest absolute Gasteiger partial charge is 0.469 e. The Morgan fingerprint density at radius 2 is 2.00 bits per heavy atom. The molecule has 0 saturated carbocycles. The summed E-state index contributed by atoms with van der Waals surface area (Å²) in [6.45, 7) is 2.49. The second kappa shape index (κ2) is 9.25. The van der Waals surface area contributed by atoms with Crippen molar-refractivity contribution in [1.29, 1.82) is 5.26 Å². The lowest BCUT2D eigenvalue weighted by Crippen LogP contribution is -2.45. The van der Waals surface area contributed by atoms with Gasteiger partial charge >= 0.3 is 0 Å². The van der Waals surface area contributed by atoms with E-state index in [1.807, 2.05) is 25.1 Å². The Morgan fingerprint density at radius 1 is 1.28 bits per heavy atom. The third kappa shape index (κ3) is 5.05. The van der Waals surface area contributed by atoms with Crippen molar-refractivity contribution in [3.05, 3.63) is 54.0 Å². The molecule has 7 nitrogen and oxygen atoms in total. The predicted octanol–water partition coefficient (Wildman–Crippen LogP) is 2.69. The van der Waals surface area contributed by atoms with Gasteiger partial charge in [0.05, 0.1) is 16.7 Å². The van der Waals surface area contributed by atoms with E-state index in [0.717, 1.165) is 18.6 Å². The number of nitrogens with one attached hydrogen (secondary N) is 1. The van der Waals surface area contributed by atoms with Gasteiger partial charge in [-0.05, 0) is 50.5 Å². The lowest BCUT2D eigenvalue weighted by atomic mass is 9.96. The molecule has 1 aromatic heterocycles. The highest BCUT2D eigenvalue weighted by atomic mass is 32.2. The highest BCUT2D eigenvalue weighted by Crippen LogP contribution is 2.26. The van der Waals surface area contributed by atoms with Gasteiger partial charge in [-0.25, -0.2) is 8.42 Å². The molecule has 1 saturated heterocycles. The Kier molecular flexibility index (Phi) is 6.72. The summed E-state index contributed by atoms with van der Waals surface area (Å²) in [6.07, 6.45) is 4.09. The fraction of sp³-hybridized carbons (Fsp3) is 0.429. The average molecular weight is 416 g/mol. The molecule has 154 valence electrons. The summed E-state index contributed by atoms with van der Waals surface area (Å²) in [5.41, 5.74) is 0.137. The average Bonchev–Trinajstić information content (AvgIpc) is 3.26. The van der Waals surface area contributed by atoms with Gasteiger partial charge in [0, 0.05) is 31.5 Å². The molecule has 0 bridgehead atoms. The van der Waals surface area contributed by atoms with Crippen LogP contribution in [0.4, 0.5) is 0 Å². The summed E-state index contributed by atoms with van der Waals surface area (Å²) in [5.74, 6) is 0.646. The Hall–Kier alpha value is -2.63. The van der Waals surface area contributed by atoms with Crippen LogP contribution in [-0.4, -0.2) is 37.8 Å². The maximum absolute atomic E-state index is 12.9. The fourth-order valence-corrected chi connectivity index (χ4v) is 5.14. The van der Waals surface area contributed by atoms with Gasteiger partial charge in [0.2, 0.25) is 15.9 Å². The monoisotopic (exact) mass is 415 g/mol. The molecule has 3 rings (SSSR count). The number of furan rings is 1. The number of aryl methyl sites for hydroxylation is 1. The summed E-state index contributed by atoms with van der Waals surface area (Å²) in [5, 5.41) is 12.2. The van der Waals surface area contributed by atoms with Gasteiger partial charge in [-0.1, -0.05) is 12.1 Å². The van der Waals surface area contributed by atoms with Gasteiger partial charge in [-0.15, -0.1) is 0 Å². The van der Waals surface area contributed by atoms with Crippen molar-refractivity contribution in [3.63, 3.8) is 0 Å². The standard InChI is InChI=1S/C21H25N3O4S/c1-16(8-9-19-6-4-14-28-19)23-21(25)17-10-12-24(13-11-17)29(26,27)20-7-3-2-5-18(20)15-22/h2-7,14,16-17H,8-13H2,1H3,(H,23,25). The molecular weight excluding hydrogens is 390 g/mol. The van der Waals surface area contributed by atoms with Crippen LogP contribution in [0, 0.1) is 17.2 Å². The lowest BCUT2D eigenvalue weighted by molar-refractivity contribution is -0.126. The quantitative estimate of drug-likeness (QED) is 0.749. The third-order valence-electron chi connectivity index (χ3n) is 5.24. The van der Waals surface area contributed by atoms with Crippen LogP contribution < -0.4 is 5.32 Å². The molecule has 1 N–H and O–H groups in total. The van der Waals surface area contributed by atoms with Gasteiger partial charge in [0.1, 0.15) is 11.8 Å². The van der Waals surface area contributed by atoms with E-state index >= 15 is 0 Å². The molecule has 0 radical (unpaired) electrons. The topological polar surface area (TPSA) is 103 Å². The summed E-state index contributed by atoms with van der Waals surface area (Å²) >= 11 is 0. The molecule has 2 aromatic rings. The van der Waals surface area contributed by atoms with E-state index in [2.05, 4.69) is 5.32 Å². The normalized spacial score (nSPS) is 16.8. The van der Waals surface area contributed by atoms with E-state index in [9.17, 15) is 18.5 Å². The number of nitriles is 1. The second-order valence-electron chi connectivity index (χ2n) is 7.31. The smallest absolute Gasteiger partial charge is 0.244 e. The maximum Gasteiger partial charge on any atom is 0.244 e. The van der Waals surface area contributed by atoms with Crippen molar-refractivity contribution < 1.29 is 17.6 Å². The summed E-state index contributed by atoms with van der Waals surface area (Å²) < 4.78 is 32.4. The molecule has 0 aliphatic carbocycles. The highest BCUT2D eigenvalue weighted by molar-refractivity contribution is 7.89. The number of piperidine rings is 1. The summed E-state index contributed by atoms with van der Waals surface area (Å²) in [7, 11) is -3.74. The first kappa shape index (κ1) is 21.1. The van der Waals surface area contributed by atoms with Gasteiger partial charge in [-0.2, -0.15) is 9.57 Å². The second-order valence-corrected chi connectivity index (χ2v) is 9.22. The van der Waals surface area contributed by atoms with Crippen molar-refractivity contribution in [2.24, 2.45) is 5.92 Å². The minimum absolute atomic E-state index is 0.0110. The summed E-state index contributed by atoms with van der Waals surface area (Å²) in [4.78, 5) is 12.6. The van der Waals surface area contributed by atoms with Crippen LogP contribution in [0.15, 0.2) is 52.0 Å². The molecule has 1 fully saturated rings. The number of hydrogen-bond acceptors (Lipinski definition) is 5. The first-order chi connectivity index (χ1) is 13.9. The number of hydrogen-bond donors (Lipinski definition) is 1. The fourth-order valence-electron chi connectivity index (χ4n) is 3.53. The molecule has 1 aliphatic rings. The molecular formula is C21H25N3O4S. The van der Waals surface area contributed by atoms with Crippen molar-refractivity contribution in [2.45, 2.75) is 43.5 Å². The molecule has 0 spiro atoms. The zero-order valence-corrected chi connectivity index (χ0v) is 17.2. The molecule has 1 aromatic carbocycles. The number of carbonyl (C=O) groups is 1. The Labute approximate surface area is 171 Å². The molecule has 1 amide bonds. The molecule has 8 heteroatoms.